The first kappa shape index (κ1) is 15.6. The second-order valence-electron chi connectivity index (χ2n) is 5.46. The van der Waals surface area contributed by atoms with Crippen molar-refractivity contribution in [1.82, 2.24) is 4.98 Å². The number of rotatable bonds is 4. The van der Waals surface area contributed by atoms with Gasteiger partial charge in [0.25, 0.3) is 5.91 Å². The average Bonchev–Trinajstić information content (AvgIpc) is 2.60. The minimum absolute atomic E-state index is 0.159. The average molecular weight is 318 g/mol. The Morgan fingerprint density at radius 2 is 1.54 bits per heavy atom. The number of carbonyl (C=O) groups excluding carboxylic acids is 1. The van der Waals surface area contributed by atoms with Gasteiger partial charge >= 0.3 is 0 Å². The molecule has 5 nitrogen and oxygen atoms in total. The Morgan fingerprint density at radius 1 is 0.917 bits per heavy atom. The molecule has 120 valence electrons. The van der Waals surface area contributed by atoms with E-state index in [-0.39, 0.29) is 5.91 Å². The number of nitrogens with one attached hydrogen (secondary N) is 2. The van der Waals surface area contributed by atoms with E-state index in [1.54, 1.807) is 30.6 Å². The zero-order valence-corrected chi connectivity index (χ0v) is 13.3. The topological polar surface area (TPSA) is 80.0 Å². The van der Waals surface area contributed by atoms with Crippen molar-refractivity contribution < 1.29 is 4.79 Å². The molecular weight excluding hydrogens is 300 g/mol. The maximum atomic E-state index is 12.3. The fourth-order valence-electron chi connectivity index (χ4n) is 2.26. The number of pyridine rings is 1. The van der Waals surface area contributed by atoms with E-state index in [2.05, 4.69) is 15.6 Å². The number of aryl methyl sites for hydroxylation is 1. The van der Waals surface area contributed by atoms with Gasteiger partial charge in [-0.05, 0) is 67.1 Å². The molecule has 0 aliphatic carbocycles. The first-order valence-corrected chi connectivity index (χ1v) is 7.56. The Balaban J connectivity index is 1.67. The summed E-state index contributed by atoms with van der Waals surface area (Å²) < 4.78 is 0. The molecule has 0 aliphatic rings. The second kappa shape index (κ2) is 6.83. The number of nitrogens with zero attached hydrogens (tertiary/aromatic N) is 1. The first-order chi connectivity index (χ1) is 11.6. The van der Waals surface area contributed by atoms with Gasteiger partial charge in [0.05, 0.1) is 0 Å². The Hall–Kier alpha value is -3.34. The SMILES string of the molecule is Cc1cc(C(=O)Nc2ccc(Nc3ccncc3)cc2)ccc1N. The first-order valence-electron chi connectivity index (χ1n) is 7.56. The summed E-state index contributed by atoms with van der Waals surface area (Å²) in [6.45, 7) is 1.88. The summed E-state index contributed by atoms with van der Waals surface area (Å²) in [5.41, 5.74) is 10.6. The fraction of sp³-hybridized carbons (Fsp3) is 0.0526. The van der Waals surface area contributed by atoms with Gasteiger partial charge < -0.3 is 16.4 Å². The Morgan fingerprint density at radius 3 is 2.21 bits per heavy atom. The number of benzene rings is 2. The summed E-state index contributed by atoms with van der Waals surface area (Å²) in [6, 6.07) is 16.5. The smallest absolute Gasteiger partial charge is 0.255 e. The van der Waals surface area contributed by atoms with Crippen molar-refractivity contribution >= 4 is 28.7 Å². The Bertz CT molecular complexity index is 845. The van der Waals surface area contributed by atoms with Crippen molar-refractivity contribution in [2.24, 2.45) is 0 Å². The second-order valence-corrected chi connectivity index (χ2v) is 5.46. The van der Waals surface area contributed by atoms with Gasteiger partial charge in [0.1, 0.15) is 0 Å². The van der Waals surface area contributed by atoms with E-state index in [1.165, 1.54) is 0 Å². The highest BCUT2D eigenvalue weighted by molar-refractivity contribution is 6.04. The van der Waals surface area contributed by atoms with E-state index in [1.807, 2.05) is 43.3 Å². The van der Waals surface area contributed by atoms with Crippen molar-refractivity contribution in [2.75, 3.05) is 16.4 Å². The molecule has 3 rings (SSSR count). The fourth-order valence-corrected chi connectivity index (χ4v) is 2.26. The van der Waals surface area contributed by atoms with Crippen molar-refractivity contribution in [3.8, 4) is 0 Å². The minimum atomic E-state index is -0.159. The van der Waals surface area contributed by atoms with Gasteiger partial charge in [0.15, 0.2) is 0 Å². The molecule has 0 radical (unpaired) electrons. The third kappa shape index (κ3) is 3.70. The molecule has 0 unspecified atom stereocenters. The van der Waals surface area contributed by atoms with Crippen LogP contribution in [0.15, 0.2) is 67.0 Å². The Kier molecular flexibility index (Phi) is 4.43. The lowest BCUT2D eigenvalue weighted by Crippen LogP contribution is -2.12. The van der Waals surface area contributed by atoms with E-state index in [0.29, 0.717) is 11.3 Å². The van der Waals surface area contributed by atoms with Crippen LogP contribution >= 0.6 is 0 Å². The van der Waals surface area contributed by atoms with E-state index in [9.17, 15) is 4.79 Å². The van der Waals surface area contributed by atoms with Crippen molar-refractivity contribution in [3.63, 3.8) is 0 Å². The van der Waals surface area contributed by atoms with Crippen LogP contribution < -0.4 is 16.4 Å². The van der Waals surface area contributed by atoms with Gasteiger partial charge in [-0.2, -0.15) is 0 Å². The molecule has 5 heteroatoms. The van der Waals surface area contributed by atoms with Crippen molar-refractivity contribution in [2.45, 2.75) is 6.92 Å². The van der Waals surface area contributed by atoms with Crippen molar-refractivity contribution in [1.29, 1.82) is 0 Å². The number of nitrogen functional groups attached to an aromatic ring is 1. The maximum Gasteiger partial charge on any atom is 0.255 e. The molecule has 0 atom stereocenters. The molecule has 0 spiro atoms. The van der Waals surface area contributed by atoms with Crippen LogP contribution in [0.3, 0.4) is 0 Å². The lowest BCUT2D eigenvalue weighted by molar-refractivity contribution is 0.102. The van der Waals surface area contributed by atoms with Crippen LogP contribution in [0.2, 0.25) is 0 Å². The van der Waals surface area contributed by atoms with E-state index < -0.39 is 0 Å². The number of hydrogen-bond acceptors (Lipinski definition) is 4. The maximum absolute atomic E-state index is 12.3. The molecular formula is C19H18N4O. The van der Waals surface area contributed by atoms with Crippen molar-refractivity contribution in [3.05, 3.63) is 78.1 Å². The molecule has 0 bridgehead atoms. The molecule has 0 fully saturated rings. The molecule has 1 amide bonds. The summed E-state index contributed by atoms with van der Waals surface area (Å²) >= 11 is 0. The van der Waals surface area contributed by atoms with E-state index in [0.717, 1.165) is 22.6 Å². The highest BCUT2D eigenvalue weighted by atomic mass is 16.1. The number of nitrogens with two attached hydrogens (primary N) is 1. The molecule has 1 aromatic heterocycles. The molecule has 0 saturated heterocycles. The lowest BCUT2D eigenvalue weighted by atomic mass is 10.1. The van der Waals surface area contributed by atoms with Crippen LogP contribution in [-0.2, 0) is 0 Å². The third-order valence-corrected chi connectivity index (χ3v) is 3.64. The third-order valence-electron chi connectivity index (χ3n) is 3.64. The molecule has 3 aromatic rings. The summed E-state index contributed by atoms with van der Waals surface area (Å²) in [4.78, 5) is 16.3. The van der Waals surface area contributed by atoms with Crippen LogP contribution in [-0.4, -0.2) is 10.9 Å². The Labute approximate surface area is 140 Å². The van der Waals surface area contributed by atoms with Gasteiger partial charge in [0.2, 0.25) is 0 Å². The van der Waals surface area contributed by atoms with Gasteiger partial charge in [0, 0.05) is 40.7 Å². The highest BCUT2D eigenvalue weighted by Gasteiger charge is 2.07. The lowest BCUT2D eigenvalue weighted by Gasteiger charge is -2.09. The standard InChI is InChI=1S/C19H18N4O/c1-13-12-14(2-7-18(13)20)19(24)23-16-5-3-15(4-6-16)22-17-8-10-21-11-9-17/h2-12H,20H2,1H3,(H,21,22)(H,23,24). The molecule has 2 aromatic carbocycles. The number of hydrogen-bond donors (Lipinski definition) is 3. The van der Waals surface area contributed by atoms with Crippen LogP contribution in [0.1, 0.15) is 15.9 Å². The molecule has 4 N–H and O–H groups in total. The van der Waals surface area contributed by atoms with Gasteiger partial charge in [-0.15, -0.1) is 0 Å². The number of carbonyl (C=O) groups is 1. The molecule has 0 saturated carbocycles. The zero-order chi connectivity index (χ0) is 16.9. The normalized spacial score (nSPS) is 10.2. The van der Waals surface area contributed by atoms with Crippen LogP contribution in [0.25, 0.3) is 0 Å². The minimum Gasteiger partial charge on any atom is -0.399 e. The largest absolute Gasteiger partial charge is 0.399 e. The highest BCUT2D eigenvalue weighted by Crippen LogP contribution is 2.19. The van der Waals surface area contributed by atoms with Gasteiger partial charge in [-0.25, -0.2) is 0 Å². The number of anilines is 4. The number of aromatic nitrogens is 1. The predicted octanol–water partition coefficient (Wildman–Crippen LogP) is 3.97. The van der Waals surface area contributed by atoms with Crippen LogP contribution in [0, 0.1) is 6.92 Å². The summed E-state index contributed by atoms with van der Waals surface area (Å²) in [6.07, 6.45) is 3.46. The van der Waals surface area contributed by atoms with Crippen LogP contribution in [0.4, 0.5) is 22.7 Å². The summed E-state index contributed by atoms with van der Waals surface area (Å²) in [5.74, 6) is -0.159. The van der Waals surface area contributed by atoms with Crippen LogP contribution in [0.5, 0.6) is 0 Å². The van der Waals surface area contributed by atoms with E-state index >= 15 is 0 Å². The quantitative estimate of drug-likeness (QED) is 0.636. The monoisotopic (exact) mass is 318 g/mol. The van der Waals surface area contributed by atoms with Gasteiger partial charge in [-0.1, -0.05) is 0 Å². The number of amides is 1. The summed E-state index contributed by atoms with van der Waals surface area (Å²) in [7, 11) is 0. The van der Waals surface area contributed by atoms with Gasteiger partial charge in [-0.3, -0.25) is 9.78 Å². The molecule has 1 heterocycles. The predicted molar refractivity (Wildman–Crippen MR) is 97.5 cm³/mol. The molecule has 0 aliphatic heterocycles. The van der Waals surface area contributed by atoms with E-state index in [4.69, 9.17) is 5.73 Å². The zero-order valence-electron chi connectivity index (χ0n) is 13.3. The molecule has 24 heavy (non-hydrogen) atoms. The summed E-state index contributed by atoms with van der Waals surface area (Å²) in [5, 5.41) is 6.14.